The maximum Gasteiger partial charge on any atom is 0.244 e. The van der Waals surface area contributed by atoms with Crippen molar-refractivity contribution in [3.05, 3.63) is 24.5 Å². The first kappa shape index (κ1) is 10.3. The molecular formula is C10H11N5O2. The molecule has 2 aromatic rings. The maximum atomic E-state index is 9.41. The minimum atomic E-state index is -0.355. The highest BCUT2D eigenvalue weighted by atomic mass is 16.5. The fourth-order valence-electron chi connectivity index (χ4n) is 1.80. The van der Waals surface area contributed by atoms with E-state index in [0.29, 0.717) is 30.4 Å². The highest BCUT2D eigenvalue weighted by molar-refractivity contribution is 5.45. The van der Waals surface area contributed by atoms with Crippen LogP contribution in [-0.4, -0.2) is 37.9 Å². The Hall–Kier alpha value is -1.86. The molecule has 0 spiro atoms. The molecule has 0 aromatic carbocycles. The minimum Gasteiger partial charge on any atom is -0.392 e. The lowest BCUT2D eigenvalue weighted by Gasteiger charge is -2.01. The monoisotopic (exact) mass is 233 g/mol. The first-order valence-corrected chi connectivity index (χ1v) is 5.34. The fraction of sp³-hybridized carbons (Fsp3) is 0.400. The van der Waals surface area contributed by atoms with E-state index in [-0.39, 0.29) is 12.1 Å². The van der Waals surface area contributed by atoms with Gasteiger partial charge in [0.25, 0.3) is 0 Å². The highest BCUT2D eigenvalue weighted by Crippen LogP contribution is 2.23. The summed E-state index contributed by atoms with van der Waals surface area (Å²) in [4.78, 5) is 12.3. The maximum absolute atomic E-state index is 9.41. The van der Waals surface area contributed by atoms with Crippen molar-refractivity contribution in [3.63, 3.8) is 0 Å². The van der Waals surface area contributed by atoms with Gasteiger partial charge in [0.2, 0.25) is 11.7 Å². The Bertz CT molecular complexity index is 500. The Morgan fingerprint density at radius 2 is 2.35 bits per heavy atom. The summed E-state index contributed by atoms with van der Waals surface area (Å²) in [6.45, 7) is 0.549. The van der Waals surface area contributed by atoms with Crippen molar-refractivity contribution >= 4 is 0 Å². The first-order chi connectivity index (χ1) is 8.33. The average Bonchev–Trinajstić information content (AvgIpc) is 2.98. The summed E-state index contributed by atoms with van der Waals surface area (Å²) in [5, 5.41) is 16.4. The van der Waals surface area contributed by atoms with Crippen LogP contribution < -0.4 is 5.32 Å². The van der Waals surface area contributed by atoms with E-state index < -0.39 is 0 Å². The predicted octanol–water partition coefficient (Wildman–Crippen LogP) is -0.0781. The Balaban J connectivity index is 1.84. The lowest BCUT2D eigenvalue weighted by atomic mass is 10.2. The Kier molecular flexibility index (Phi) is 2.54. The first-order valence-electron chi connectivity index (χ1n) is 5.34. The second kappa shape index (κ2) is 4.19. The smallest absolute Gasteiger partial charge is 0.244 e. The molecular weight excluding hydrogens is 222 g/mol. The van der Waals surface area contributed by atoms with Gasteiger partial charge in [-0.25, -0.2) is 4.98 Å². The second-order valence-electron chi connectivity index (χ2n) is 3.90. The number of aliphatic hydroxyl groups excluding tert-OH is 1. The van der Waals surface area contributed by atoms with Crippen LogP contribution in [0.1, 0.15) is 18.4 Å². The van der Waals surface area contributed by atoms with E-state index >= 15 is 0 Å². The van der Waals surface area contributed by atoms with E-state index in [1.165, 1.54) is 0 Å². The van der Waals surface area contributed by atoms with Gasteiger partial charge in [0.15, 0.2) is 0 Å². The Labute approximate surface area is 96.9 Å². The zero-order valence-corrected chi connectivity index (χ0v) is 8.95. The minimum absolute atomic E-state index is 0.0806. The molecule has 2 atom stereocenters. The van der Waals surface area contributed by atoms with Gasteiger partial charge in [-0.2, -0.15) is 4.98 Å². The summed E-state index contributed by atoms with van der Waals surface area (Å²) in [7, 11) is 0. The van der Waals surface area contributed by atoms with Gasteiger partial charge in [0.1, 0.15) is 5.69 Å². The van der Waals surface area contributed by atoms with Crippen LogP contribution in [0.2, 0.25) is 0 Å². The topological polar surface area (TPSA) is 97.0 Å². The molecule has 7 heteroatoms. The predicted molar refractivity (Wildman–Crippen MR) is 56.7 cm³/mol. The van der Waals surface area contributed by atoms with Gasteiger partial charge in [-0.1, -0.05) is 5.16 Å². The largest absolute Gasteiger partial charge is 0.392 e. The second-order valence-corrected chi connectivity index (χ2v) is 3.90. The van der Waals surface area contributed by atoms with E-state index in [4.69, 9.17) is 4.52 Å². The molecule has 0 amide bonds. The molecule has 0 radical (unpaired) electrons. The molecule has 0 aliphatic carbocycles. The van der Waals surface area contributed by atoms with Crippen LogP contribution in [0.5, 0.6) is 0 Å². The number of nitrogens with one attached hydrogen (secondary N) is 1. The van der Waals surface area contributed by atoms with Crippen molar-refractivity contribution in [2.24, 2.45) is 0 Å². The number of β-amino-alcohol motifs (C(OH)–C–C–N with tert-alkyl or cyclic N) is 1. The van der Waals surface area contributed by atoms with E-state index in [9.17, 15) is 5.11 Å². The van der Waals surface area contributed by atoms with Crippen LogP contribution in [0.25, 0.3) is 11.5 Å². The summed E-state index contributed by atoms with van der Waals surface area (Å²) in [6.07, 6.45) is 4.96. The standard InChI is InChI=1S/C10H11N5O2/c16-6-3-7(13-4-6)10-14-9(15-17-10)8-5-11-1-2-12-8/h1-2,5-7,13,16H,3-4H2/t6?,7-/m0/s1. The number of hydrogen-bond acceptors (Lipinski definition) is 7. The van der Waals surface area contributed by atoms with Crippen LogP contribution in [0.3, 0.4) is 0 Å². The summed E-state index contributed by atoms with van der Waals surface area (Å²) in [5.74, 6) is 0.887. The summed E-state index contributed by atoms with van der Waals surface area (Å²) in [6, 6.07) is -0.0806. The van der Waals surface area contributed by atoms with Crippen LogP contribution in [0.15, 0.2) is 23.1 Å². The van der Waals surface area contributed by atoms with E-state index in [1.807, 2.05) is 0 Å². The molecule has 3 heterocycles. The highest BCUT2D eigenvalue weighted by Gasteiger charge is 2.28. The van der Waals surface area contributed by atoms with Crippen LogP contribution in [0.4, 0.5) is 0 Å². The Morgan fingerprint density at radius 3 is 3.06 bits per heavy atom. The van der Waals surface area contributed by atoms with E-state index in [2.05, 4.69) is 25.4 Å². The fourth-order valence-corrected chi connectivity index (χ4v) is 1.80. The molecule has 7 nitrogen and oxygen atoms in total. The number of aliphatic hydroxyl groups is 1. The van der Waals surface area contributed by atoms with Crippen molar-refractivity contribution in [2.45, 2.75) is 18.6 Å². The van der Waals surface area contributed by atoms with E-state index in [1.54, 1.807) is 18.6 Å². The quantitative estimate of drug-likeness (QED) is 0.748. The SMILES string of the molecule is OC1CN[C@H](c2nc(-c3cnccn3)no2)C1. The normalized spacial score (nSPS) is 24.1. The third-order valence-electron chi connectivity index (χ3n) is 2.64. The summed E-state index contributed by atoms with van der Waals surface area (Å²) in [5.41, 5.74) is 0.570. The molecule has 17 heavy (non-hydrogen) atoms. The molecule has 2 N–H and O–H groups in total. The van der Waals surface area contributed by atoms with Gasteiger partial charge in [-0.05, 0) is 6.42 Å². The zero-order valence-electron chi connectivity index (χ0n) is 8.95. The molecule has 1 aliphatic rings. The van der Waals surface area contributed by atoms with Crippen molar-refractivity contribution in [3.8, 4) is 11.5 Å². The zero-order chi connectivity index (χ0) is 11.7. The van der Waals surface area contributed by atoms with Crippen molar-refractivity contribution < 1.29 is 9.63 Å². The lowest BCUT2D eigenvalue weighted by Crippen LogP contribution is -2.15. The van der Waals surface area contributed by atoms with Gasteiger partial charge in [-0.3, -0.25) is 4.98 Å². The molecule has 1 fully saturated rings. The van der Waals surface area contributed by atoms with Crippen LogP contribution >= 0.6 is 0 Å². The molecule has 0 saturated carbocycles. The van der Waals surface area contributed by atoms with Gasteiger partial charge >= 0.3 is 0 Å². The third-order valence-corrected chi connectivity index (χ3v) is 2.64. The van der Waals surface area contributed by atoms with Crippen LogP contribution in [0, 0.1) is 0 Å². The van der Waals surface area contributed by atoms with Gasteiger partial charge in [0, 0.05) is 18.9 Å². The van der Waals surface area contributed by atoms with Gasteiger partial charge in [-0.15, -0.1) is 0 Å². The molecule has 88 valence electrons. The molecule has 2 aromatic heterocycles. The van der Waals surface area contributed by atoms with Crippen LogP contribution in [-0.2, 0) is 0 Å². The summed E-state index contributed by atoms with van der Waals surface area (Å²) < 4.78 is 5.15. The Morgan fingerprint density at radius 1 is 1.41 bits per heavy atom. The third kappa shape index (κ3) is 2.02. The summed E-state index contributed by atoms with van der Waals surface area (Å²) >= 11 is 0. The number of hydrogen-bond donors (Lipinski definition) is 2. The number of nitrogens with zero attached hydrogens (tertiary/aromatic N) is 4. The molecule has 1 aliphatic heterocycles. The van der Waals surface area contributed by atoms with Crippen molar-refractivity contribution in [2.75, 3.05) is 6.54 Å². The van der Waals surface area contributed by atoms with E-state index in [0.717, 1.165) is 0 Å². The molecule has 1 saturated heterocycles. The molecule has 0 bridgehead atoms. The number of aromatic nitrogens is 4. The van der Waals surface area contributed by atoms with Crippen molar-refractivity contribution in [1.29, 1.82) is 0 Å². The number of rotatable bonds is 2. The lowest BCUT2D eigenvalue weighted by molar-refractivity contribution is 0.191. The molecule has 1 unspecified atom stereocenters. The van der Waals surface area contributed by atoms with Gasteiger partial charge in [0.05, 0.1) is 18.3 Å². The van der Waals surface area contributed by atoms with Gasteiger partial charge < -0.3 is 14.9 Å². The molecule has 3 rings (SSSR count). The average molecular weight is 233 g/mol. The van der Waals surface area contributed by atoms with Crippen molar-refractivity contribution in [1.82, 2.24) is 25.4 Å².